The molecule has 1 aliphatic rings. The van der Waals surface area contributed by atoms with Crippen molar-refractivity contribution in [1.82, 2.24) is 25.3 Å². The Labute approximate surface area is 187 Å². The van der Waals surface area contributed by atoms with E-state index in [2.05, 4.69) is 35.9 Å². The van der Waals surface area contributed by atoms with Crippen LogP contribution in [0, 0.1) is 5.82 Å². The molecule has 1 aliphatic heterocycles. The average molecular weight is 447 g/mol. The van der Waals surface area contributed by atoms with Crippen LogP contribution in [0.4, 0.5) is 20.4 Å². The van der Waals surface area contributed by atoms with Crippen molar-refractivity contribution in [2.24, 2.45) is 0 Å². The Morgan fingerprint density at radius 1 is 0.970 bits per heavy atom. The number of fused-ring (bicyclic) bond motifs is 1. The van der Waals surface area contributed by atoms with Crippen molar-refractivity contribution >= 4 is 28.3 Å². The van der Waals surface area contributed by atoms with Crippen LogP contribution in [-0.4, -0.2) is 51.1 Å². The van der Waals surface area contributed by atoms with Crippen molar-refractivity contribution < 1.29 is 13.6 Å². The molecule has 3 aromatic heterocycles. The van der Waals surface area contributed by atoms with E-state index in [9.17, 15) is 13.6 Å². The third-order valence-electron chi connectivity index (χ3n) is 5.32. The first kappa shape index (κ1) is 20.8. The van der Waals surface area contributed by atoms with Gasteiger partial charge in [-0.05, 0) is 41.8 Å². The molecular weight excluding hydrogens is 428 g/mol. The number of alkyl halides is 1. The van der Waals surface area contributed by atoms with Gasteiger partial charge in [-0.15, -0.1) is 0 Å². The van der Waals surface area contributed by atoms with Crippen LogP contribution in [0.15, 0.2) is 61.2 Å². The highest BCUT2D eigenvalue weighted by molar-refractivity contribution is 6.04. The van der Waals surface area contributed by atoms with Crippen molar-refractivity contribution in [3.05, 3.63) is 72.6 Å². The van der Waals surface area contributed by atoms with E-state index in [1.54, 1.807) is 24.7 Å². The molecule has 1 saturated heterocycles. The van der Waals surface area contributed by atoms with Crippen molar-refractivity contribution in [2.45, 2.75) is 5.67 Å². The fourth-order valence-electron chi connectivity index (χ4n) is 3.38. The number of benzene rings is 1. The second kappa shape index (κ2) is 8.47. The van der Waals surface area contributed by atoms with Gasteiger partial charge in [-0.3, -0.25) is 14.8 Å². The molecule has 166 valence electrons. The number of nitrogens with zero attached hydrogens (tertiary/aromatic N) is 4. The summed E-state index contributed by atoms with van der Waals surface area (Å²) in [4.78, 5) is 29.7. The summed E-state index contributed by atoms with van der Waals surface area (Å²) in [6.07, 6.45) is 6.37. The Balaban J connectivity index is 1.36. The van der Waals surface area contributed by atoms with E-state index in [0.717, 1.165) is 10.8 Å². The van der Waals surface area contributed by atoms with E-state index < -0.39 is 17.4 Å². The number of amides is 1. The highest BCUT2D eigenvalue weighted by Gasteiger charge is 2.36. The molecule has 8 nitrogen and oxygen atoms in total. The summed E-state index contributed by atoms with van der Waals surface area (Å²) in [5, 5.41) is 10.2. The summed E-state index contributed by atoms with van der Waals surface area (Å²) < 4.78 is 27.3. The number of halogens is 2. The molecule has 33 heavy (non-hydrogen) atoms. The maximum Gasteiger partial charge on any atom is 0.256 e. The van der Waals surface area contributed by atoms with Crippen molar-refractivity contribution in [3.8, 4) is 11.4 Å². The number of hydrogen-bond acceptors (Lipinski definition) is 7. The van der Waals surface area contributed by atoms with E-state index in [0.29, 0.717) is 41.7 Å². The van der Waals surface area contributed by atoms with E-state index in [1.807, 2.05) is 6.07 Å². The summed E-state index contributed by atoms with van der Waals surface area (Å²) in [7, 11) is 0. The molecule has 0 spiro atoms. The molecule has 5 rings (SSSR count). The molecule has 1 amide bonds. The van der Waals surface area contributed by atoms with E-state index in [-0.39, 0.29) is 6.54 Å². The third-order valence-corrected chi connectivity index (χ3v) is 5.32. The Morgan fingerprint density at radius 2 is 1.76 bits per heavy atom. The summed E-state index contributed by atoms with van der Waals surface area (Å²) in [6.45, 7) is 0.771. The second-order valence-corrected chi connectivity index (χ2v) is 7.84. The van der Waals surface area contributed by atoms with Crippen molar-refractivity contribution in [1.29, 1.82) is 0 Å². The van der Waals surface area contributed by atoms with Gasteiger partial charge in [0.25, 0.3) is 5.91 Å². The number of rotatable bonds is 6. The maximum absolute atomic E-state index is 14.2. The van der Waals surface area contributed by atoms with Gasteiger partial charge in [0.05, 0.1) is 24.6 Å². The van der Waals surface area contributed by atoms with Crippen LogP contribution in [0.5, 0.6) is 0 Å². The fourth-order valence-corrected chi connectivity index (χ4v) is 3.38. The zero-order valence-electron chi connectivity index (χ0n) is 17.3. The summed E-state index contributed by atoms with van der Waals surface area (Å²) in [5.74, 6) is -0.00628. The largest absolute Gasteiger partial charge is 0.365 e. The van der Waals surface area contributed by atoms with Gasteiger partial charge < -0.3 is 16.0 Å². The topological polar surface area (TPSA) is 105 Å². The first-order valence-corrected chi connectivity index (χ1v) is 10.3. The summed E-state index contributed by atoms with van der Waals surface area (Å²) in [5.41, 5.74) is 0.137. The quantitative estimate of drug-likeness (QED) is 0.417. The number of anilines is 2. The highest BCUT2D eigenvalue weighted by Crippen LogP contribution is 2.23. The van der Waals surface area contributed by atoms with Crippen LogP contribution in [0.1, 0.15) is 10.4 Å². The maximum atomic E-state index is 14.2. The van der Waals surface area contributed by atoms with Crippen LogP contribution < -0.4 is 16.0 Å². The molecule has 0 unspecified atom stereocenters. The van der Waals surface area contributed by atoms with Crippen molar-refractivity contribution in [2.75, 3.05) is 30.3 Å². The number of carbonyl (C=O) groups excluding carboxylic acids is 1. The number of hydrogen-bond donors (Lipinski definition) is 3. The number of aromatic nitrogens is 4. The molecule has 1 fully saturated rings. The predicted octanol–water partition coefficient (Wildman–Crippen LogP) is 3.20. The third kappa shape index (κ3) is 4.60. The molecule has 0 bridgehead atoms. The lowest BCUT2D eigenvalue weighted by molar-refractivity contribution is 0.102. The van der Waals surface area contributed by atoms with Crippen LogP contribution in [0.25, 0.3) is 22.2 Å². The lowest BCUT2D eigenvalue weighted by atomic mass is 10.00. The van der Waals surface area contributed by atoms with E-state index >= 15 is 0 Å². The van der Waals surface area contributed by atoms with Gasteiger partial charge >= 0.3 is 0 Å². The Morgan fingerprint density at radius 3 is 2.52 bits per heavy atom. The minimum Gasteiger partial charge on any atom is -0.365 e. The zero-order chi connectivity index (χ0) is 22.8. The van der Waals surface area contributed by atoms with Gasteiger partial charge in [-0.1, -0.05) is 0 Å². The first-order chi connectivity index (χ1) is 16.0. The second-order valence-electron chi connectivity index (χ2n) is 7.84. The van der Waals surface area contributed by atoms with Crippen LogP contribution in [0.2, 0.25) is 0 Å². The first-order valence-electron chi connectivity index (χ1n) is 10.3. The Hall–Kier alpha value is -4.05. The molecule has 0 aliphatic carbocycles. The molecule has 0 atom stereocenters. The van der Waals surface area contributed by atoms with Crippen LogP contribution >= 0.6 is 0 Å². The normalized spacial score (nSPS) is 14.5. The molecular formula is C23H19F2N7O. The minimum atomic E-state index is -1.28. The van der Waals surface area contributed by atoms with Gasteiger partial charge in [0.2, 0.25) is 0 Å². The van der Waals surface area contributed by atoms with Gasteiger partial charge in [0.1, 0.15) is 23.1 Å². The fraction of sp³-hybridized carbons (Fsp3) is 0.174. The minimum absolute atomic E-state index is 0.145. The van der Waals surface area contributed by atoms with E-state index in [1.165, 1.54) is 30.5 Å². The number of pyridine rings is 2. The summed E-state index contributed by atoms with van der Waals surface area (Å²) >= 11 is 0. The van der Waals surface area contributed by atoms with Crippen LogP contribution in [0.3, 0.4) is 0 Å². The van der Waals surface area contributed by atoms with Crippen LogP contribution in [-0.2, 0) is 0 Å². The highest BCUT2D eigenvalue weighted by atomic mass is 19.1. The standard InChI is InChI=1S/C23H19F2N7O/c24-17-3-1-14(2-4-17)22(33)32-20-6-15-5-18(28-7-16(15)8-29-20)19-9-26-10-21(31-19)30-13-23(25)11-27-12-23/h1-10,27H,11-13H2,(H,30,31)(H,29,32,33). The zero-order valence-corrected chi connectivity index (χ0v) is 17.3. The van der Waals surface area contributed by atoms with Crippen molar-refractivity contribution in [3.63, 3.8) is 0 Å². The molecule has 1 aromatic carbocycles. The molecule has 4 aromatic rings. The van der Waals surface area contributed by atoms with Gasteiger partial charge in [-0.2, -0.15) is 0 Å². The monoisotopic (exact) mass is 447 g/mol. The molecule has 10 heteroatoms. The summed E-state index contributed by atoms with van der Waals surface area (Å²) in [6, 6.07) is 8.78. The molecule has 4 heterocycles. The van der Waals surface area contributed by atoms with Gasteiger partial charge in [-0.25, -0.2) is 18.7 Å². The van der Waals surface area contributed by atoms with Gasteiger partial charge in [0, 0.05) is 36.4 Å². The average Bonchev–Trinajstić information content (AvgIpc) is 2.81. The Kier molecular flexibility index (Phi) is 5.35. The lowest BCUT2D eigenvalue weighted by Gasteiger charge is -2.34. The lowest BCUT2D eigenvalue weighted by Crippen LogP contribution is -2.59. The SMILES string of the molecule is O=C(Nc1cc2cc(-c3cncc(NCC4(F)CNC4)n3)ncc2cn1)c1ccc(F)cc1. The predicted molar refractivity (Wildman–Crippen MR) is 120 cm³/mol. The molecule has 3 N–H and O–H groups in total. The smallest absolute Gasteiger partial charge is 0.256 e. The number of nitrogens with one attached hydrogen (secondary N) is 3. The van der Waals surface area contributed by atoms with Gasteiger partial charge in [0.15, 0.2) is 5.67 Å². The molecule has 0 radical (unpaired) electrons. The Bertz CT molecular complexity index is 1330. The van der Waals surface area contributed by atoms with E-state index in [4.69, 9.17) is 0 Å². The molecule has 0 saturated carbocycles. The number of carbonyl (C=O) groups is 1.